The second-order valence-corrected chi connectivity index (χ2v) is 9.30. The van der Waals surface area contributed by atoms with Crippen molar-refractivity contribution < 1.29 is 19.2 Å². The smallest absolute Gasteiger partial charge is 0.342 e. The Balaban J connectivity index is 1.51. The van der Waals surface area contributed by atoms with E-state index in [9.17, 15) is 9.90 Å². The van der Waals surface area contributed by atoms with Crippen molar-refractivity contribution in [1.29, 1.82) is 0 Å². The first kappa shape index (κ1) is 25.3. The van der Waals surface area contributed by atoms with Crippen molar-refractivity contribution in [3.8, 4) is 28.6 Å². The van der Waals surface area contributed by atoms with E-state index in [-0.39, 0.29) is 23.2 Å². The van der Waals surface area contributed by atoms with Crippen LogP contribution in [0.4, 0.5) is 0 Å². The number of hydrazone groups is 1. The number of aromatic nitrogens is 3. The van der Waals surface area contributed by atoms with Gasteiger partial charge in [-0.05, 0) is 68.1 Å². The lowest BCUT2D eigenvalue weighted by Gasteiger charge is -2.13. The van der Waals surface area contributed by atoms with Crippen LogP contribution in [-0.2, 0) is 4.79 Å². The fourth-order valence-electron chi connectivity index (χ4n) is 3.39. The van der Waals surface area contributed by atoms with E-state index in [4.69, 9.17) is 16.3 Å². The highest BCUT2D eigenvalue weighted by Crippen LogP contribution is 2.24. The molecule has 184 valence electrons. The number of carbonyl (C=O) groups excluding carboxylic acids is 1. The molecule has 0 aliphatic heterocycles. The molecule has 4 rings (SSSR count). The number of H-pyrrole nitrogens is 1. The first-order valence-electron chi connectivity index (χ1n) is 11.0. The van der Waals surface area contributed by atoms with Crippen LogP contribution in [0.5, 0.6) is 11.5 Å². The van der Waals surface area contributed by atoms with Crippen LogP contribution >= 0.6 is 23.4 Å². The van der Waals surface area contributed by atoms with E-state index < -0.39 is 0 Å². The predicted octanol–water partition coefficient (Wildman–Crippen LogP) is 4.03. The fourth-order valence-corrected chi connectivity index (χ4v) is 4.28. The summed E-state index contributed by atoms with van der Waals surface area (Å²) in [5.41, 5.74) is 6.75. The maximum absolute atomic E-state index is 12.6. The van der Waals surface area contributed by atoms with Crippen molar-refractivity contribution in [2.24, 2.45) is 5.10 Å². The van der Waals surface area contributed by atoms with E-state index in [1.807, 2.05) is 60.0 Å². The minimum atomic E-state index is -0.297. The van der Waals surface area contributed by atoms with Gasteiger partial charge in [0.05, 0.1) is 29.2 Å². The first-order valence-corrected chi connectivity index (χ1v) is 12.4. The van der Waals surface area contributed by atoms with Gasteiger partial charge in [0.2, 0.25) is 0 Å². The lowest BCUT2D eigenvalue weighted by atomic mass is 10.1. The molecule has 0 saturated heterocycles. The highest BCUT2D eigenvalue weighted by molar-refractivity contribution is 7.99. The average molecular weight is 522 g/mol. The van der Waals surface area contributed by atoms with Crippen LogP contribution < -0.4 is 19.8 Å². The number of carbonyl (C=O) groups is 1. The van der Waals surface area contributed by atoms with Crippen molar-refractivity contribution in [3.05, 3.63) is 82.9 Å². The molecule has 0 spiro atoms. The monoisotopic (exact) mass is 521 g/mol. The van der Waals surface area contributed by atoms with E-state index in [0.29, 0.717) is 21.5 Å². The molecule has 0 bridgehead atoms. The van der Waals surface area contributed by atoms with Gasteiger partial charge in [0, 0.05) is 10.6 Å². The third-order valence-corrected chi connectivity index (χ3v) is 6.53. The molecule has 0 atom stereocenters. The lowest BCUT2D eigenvalue weighted by molar-refractivity contribution is -0.625. The summed E-state index contributed by atoms with van der Waals surface area (Å²) in [5, 5.41) is 24.7. The zero-order chi connectivity index (χ0) is 25.7. The quantitative estimate of drug-likeness (QED) is 0.158. The Morgan fingerprint density at radius 3 is 2.58 bits per heavy atom. The van der Waals surface area contributed by atoms with Gasteiger partial charge in [-0.3, -0.25) is 4.79 Å². The molecule has 0 unspecified atom stereocenters. The van der Waals surface area contributed by atoms with Crippen LogP contribution in [0.15, 0.2) is 77.0 Å². The molecule has 36 heavy (non-hydrogen) atoms. The van der Waals surface area contributed by atoms with Crippen LogP contribution in [-0.4, -0.2) is 34.7 Å². The normalized spacial score (nSPS) is 11.4. The van der Waals surface area contributed by atoms with Crippen LogP contribution in [0.1, 0.15) is 18.1 Å². The van der Waals surface area contributed by atoms with Crippen molar-refractivity contribution in [2.45, 2.75) is 19.0 Å². The van der Waals surface area contributed by atoms with E-state index in [1.54, 1.807) is 19.1 Å². The lowest BCUT2D eigenvalue weighted by Crippen LogP contribution is -2.34. The van der Waals surface area contributed by atoms with Gasteiger partial charge in [-0.25, -0.2) is 5.43 Å². The van der Waals surface area contributed by atoms with Gasteiger partial charge in [0.25, 0.3) is 11.7 Å². The molecule has 0 fully saturated rings. The third kappa shape index (κ3) is 5.87. The van der Waals surface area contributed by atoms with Gasteiger partial charge in [-0.15, -0.1) is 5.10 Å². The number of benzene rings is 3. The predicted molar refractivity (Wildman–Crippen MR) is 139 cm³/mol. The Kier molecular flexibility index (Phi) is 7.92. The zero-order valence-corrected chi connectivity index (χ0v) is 21.5. The standard InChI is InChI=1S/C26H24ClN5O3S/c1-16-4-6-18(7-5-16)25-30-31-26(32(25)21-11-9-20(27)10-12-21)36-15-24(34)29-28-17(2)19-8-13-22(33)23(14-19)35-3/h4-14H,15H2,1-3H3,(H2,28,29,33,34). The maximum atomic E-state index is 12.6. The summed E-state index contributed by atoms with van der Waals surface area (Å²) in [6.07, 6.45) is 0. The second-order valence-electron chi connectivity index (χ2n) is 7.92. The Morgan fingerprint density at radius 1 is 1.17 bits per heavy atom. The second kappa shape index (κ2) is 11.3. The molecule has 4 aromatic rings. The Bertz CT molecular complexity index is 1400. The van der Waals surface area contributed by atoms with E-state index in [2.05, 4.69) is 20.7 Å². The Labute approximate surface area is 218 Å². The number of hydrogen-bond donors (Lipinski definition) is 2. The number of aromatic amines is 1. The summed E-state index contributed by atoms with van der Waals surface area (Å²) >= 11 is 7.37. The van der Waals surface area contributed by atoms with Gasteiger partial charge in [-0.2, -0.15) is 9.67 Å². The molecule has 10 heteroatoms. The summed E-state index contributed by atoms with van der Waals surface area (Å²) < 4.78 is 7.01. The van der Waals surface area contributed by atoms with Crippen LogP contribution in [0.25, 0.3) is 17.1 Å². The minimum absolute atomic E-state index is 0.0887. The topological polar surface area (TPSA) is 106 Å². The largest absolute Gasteiger partial charge is 0.870 e. The SMILES string of the molecule is COc1cc(C(C)=NNC(=O)CSc2n[nH]c(-c3ccc(C)cc3)[n+]2-c2ccc(Cl)cc2)ccc1[O-]. The molecule has 1 amide bonds. The molecule has 1 aromatic heterocycles. The molecule has 0 aliphatic rings. The number of hydrogen-bond acceptors (Lipinski definition) is 6. The zero-order valence-electron chi connectivity index (χ0n) is 19.9. The van der Waals surface area contributed by atoms with Gasteiger partial charge < -0.3 is 9.84 Å². The molecule has 0 radical (unpaired) electrons. The minimum Gasteiger partial charge on any atom is -0.870 e. The highest BCUT2D eigenvalue weighted by atomic mass is 35.5. The number of thioether (sulfide) groups is 1. The molecule has 1 heterocycles. The van der Waals surface area contributed by atoms with E-state index in [0.717, 1.165) is 22.6 Å². The molecule has 8 nitrogen and oxygen atoms in total. The summed E-state index contributed by atoms with van der Waals surface area (Å²) in [6.45, 7) is 3.77. The number of aryl methyl sites for hydroxylation is 1. The summed E-state index contributed by atoms with van der Waals surface area (Å²) in [7, 11) is 1.43. The number of nitrogens with one attached hydrogen (secondary N) is 2. The Morgan fingerprint density at radius 2 is 1.89 bits per heavy atom. The maximum Gasteiger partial charge on any atom is 0.342 e. The van der Waals surface area contributed by atoms with Gasteiger partial charge >= 0.3 is 5.16 Å². The van der Waals surface area contributed by atoms with Gasteiger partial charge in [0.15, 0.2) is 0 Å². The van der Waals surface area contributed by atoms with Crippen LogP contribution in [0, 0.1) is 6.92 Å². The summed E-state index contributed by atoms with van der Waals surface area (Å²) in [6, 6.07) is 20.1. The third-order valence-electron chi connectivity index (χ3n) is 5.34. The van der Waals surface area contributed by atoms with Crippen LogP contribution in [0.3, 0.4) is 0 Å². The van der Waals surface area contributed by atoms with Crippen molar-refractivity contribution in [2.75, 3.05) is 12.9 Å². The number of methoxy groups -OCH3 is 1. The van der Waals surface area contributed by atoms with Crippen molar-refractivity contribution in [3.63, 3.8) is 0 Å². The number of ether oxygens (including phenoxy) is 1. The molecule has 0 saturated carbocycles. The fraction of sp³-hybridized carbons (Fsp3) is 0.154. The summed E-state index contributed by atoms with van der Waals surface area (Å²) in [4.78, 5) is 12.6. The molecular formula is C26H24ClN5O3S. The molecular weight excluding hydrogens is 498 g/mol. The van der Waals surface area contributed by atoms with Crippen molar-refractivity contribution >= 4 is 35.0 Å². The number of amides is 1. The van der Waals surface area contributed by atoms with E-state index in [1.165, 1.54) is 24.9 Å². The van der Waals surface area contributed by atoms with Gasteiger partial charge in [-0.1, -0.05) is 47.2 Å². The van der Waals surface area contributed by atoms with Crippen LogP contribution in [0.2, 0.25) is 5.02 Å². The average Bonchev–Trinajstić information content (AvgIpc) is 3.31. The first-order chi connectivity index (χ1) is 17.4. The van der Waals surface area contributed by atoms with E-state index >= 15 is 0 Å². The Hall–Kier alpha value is -3.82. The summed E-state index contributed by atoms with van der Waals surface area (Å²) in [5.74, 6) is 0.580. The highest BCUT2D eigenvalue weighted by Gasteiger charge is 2.24. The van der Waals surface area contributed by atoms with Crippen molar-refractivity contribution in [1.82, 2.24) is 15.6 Å². The molecule has 0 aliphatic carbocycles. The number of nitrogens with zero attached hydrogens (tertiary/aromatic N) is 3. The molecule has 3 aromatic carbocycles. The number of halogens is 1. The number of rotatable bonds is 8. The van der Waals surface area contributed by atoms with Gasteiger partial charge in [0.1, 0.15) is 11.4 Å². The molecule has 2 N–H and O–H groups in total.